The van der Waals surface area contributed by atoms with Crippen LogP contribution in [0.15, 0.2) is 36.7 Å². The predicted molar refractivity (Wildman–Crippen MR) is 75.7 cm³/mol. The molecular weight excluding hydrogens is 246 g/mol. The summed E-state index contributed by atoms with van der Waals surface area (Å²) in [5.41, 5.74) is 8.38. The molecule has 0 bridgehead atoms. The summed E-state index contributed by atoms with van der Waals surface area (Å²) in [6, 6.07) is 9.05. The molecule has 0 saturated heterocycles. The van der Waals surface area contributed by atoms with Crippen molar-refractivity contribution in [2.45, 2.75) is 20.0 Å². The minimum atomic E-state index is 1.01. The normalized spacial score (nSPS) is 14.8. The van der Waals surface area contributed by atoms with Crippen molar-refractivity contribution in [1.29, 1.82) is 0 Å². The molecule has 2 aliphatic rings. The molecule has 0 fully saturated rings. The van der Waals surface area contributed by atoms with Crippen molar-refractivity contribution in [3.8, 4) is 0 Å². The molecule has 0 radical (unpaired) electrons. The van der Waals surface area contributed by atoms with E-state index in [0.29, 0.717) is 0 Å². The third-order valence-electron chi connectivity index (χ3n) is 5.04. The molecule has 94 valence electrons. The van der Waals surface area contributed by atoms with E-state index < -0.39 is 0 Å². The number of fused-ring (bicyclic) bond motifs is 1. The number of rotatable bonds is 0. The summed E-state index contributed by atoms with van der Waals surface area (Å²) in [7, 11) is 0. The van der Waals surface area contributed by atoms with Gasteiger partial charge in [0.1, 0.15) is 18.4 Å². The number of aromatic nitrogens is 3. The zero-order chi connectivity index (χ0) is 13.0. The fraction of sp³-hybridized carbons (Fsp3) is 0.176. The molecule has 5 heterocycles. The van der Waals surface area contributed by atoms with Crippen LogP contribution in [0.1, 0.15) is 16.8 Å². The number of benzene rings is 1. The van der Waals surface area contributed by atoms with Crippen LogP contribution in [0.3, 0.4) is 0 Å². The topological polar surface area (TPSA) is 12.9 Å². The van der Waals surface area contributed by atoms with Crippen molar-refractivity contribution in [2.75, 3.05) is 0 Å². The fourth-order valence-electron chi connectivity index (χ4n) is 4.22. The van der Waals surface area contributed by atoms with Crippen molar-refractivity contribution in [2.24, 2.45) is 0 Å². The summed E-state index contributed by atoms with van der Waals surface area (Å²) < 4.78 is 7.22. The number of pyridine rings is 2. The third-order valence-corrected chi connectivity index (χ3v) is 5.04. The number of nitrogens with zero attached hydrogens (tertiary/aromatic N) is 3. The van der Waals surface area contributed by atoms with Gasteiger partial charge in [-0.15, -0.1) is 0 Å². The van der Waals surface area contributed by atoms with Crippen LogP contribution in [0.4, 0.5) is 0 Å². The highest BCUT2D eigenvalue weighted by Crippen LogP contribution is 2.37. The Kier molecular flexibility index (Phi) is 1.28. The molecule has 0 N–H and O–H groups in total. The van der Waals surface area contributed by atoms with Gasteiger partial charge in [0.15, 0.2) is 12.7 Å². The highest BCUT2D eigenvalue weighted by atomic mass is 15.1. The zero-order valence-electron chi connectivity index (χ0n) is 11.2. The maximum atomic E-state index is 2.45. The molecular formula is C17H13N3+2. The molecule has 6 rings (SSSR count). The molecule has 4 aromatic rings. The van der Waals surface area contributed by atoms with E-state index in [2.05, 4.69) is 57.1 Å². The lowest BCUT2D eigenvalue weighted by molar-refractivity contribution is -0.660. The van der Waals surface area contributed by atoms with E-state index in [1.807, 2.05) is 0 Å². The standard InChI is InChI=1S/C17H13N3/c1-10-7-20-13-3-2-6-18-8-11-4-5-12-9-19(10)17(20)15(12)14(11)16(13)18/h2-7H,8-9H2,1H3/q+2. The summed E-state index contributed by atoms with van der Waals surface area (Å²) in [5, 5.41) is 2.95. The summed E-state index contributed by atoms with van der Waals surface area (Å²) >= 11 is 0. The molecule has 3 nitrogen and oxygen atoms in total. The number of aryl methyl sites for hydroxylation is 1. The van der Waals surface area contributed by atoms with Gasteiger partial charge in [-0.2, -0.15) is 8.97 Å². The highest BCUT2D eigenvalue weighted by Gasteiger charge is 2.36. The second kappa shape index (κ2) is 2.70. The monoisotopic (exact) mass is 259 g/mol. The first-order valence-corrected chi connectivity index (χ1v) is 7.13. The van der Waals surface area contributed by atoms with Crippen molar-refractivity contribution in [3.63, 3.8) is 0 Å². The van der Waals surface area contributed by atoms with E-state index in [9.17, 15) is 0 Å². The molecule has 0 spiro atoms. The Morgan fingerprint density at radius 1 is 1.10 bits per heavy atom. The molecule has 1 aromatic carbocycles. The quantitative estimate of drug-likeness (QED) is 0.292. The Bertz CT molecular complexity index is 1100. The highest BCUT2D eigenvalue weighted by molar-refractivity contribution is 6.10. The Morgan fingerprint density at radius 2 is 2.00 bits per heavy atom. The molecule has 3 heteroatoms. The maximum Gasteiger partial charge on any atom is 0.296 e. The van der Waals surface area contributed by atoms with Crippen LogP contribution < -0.4 is 8.97 Å². The number of hydrogen-bond acceptors (Lipinski definition) is 0. The molecule has 0 amide bonds. The van der Waals surface area contributed by atoms with Crippen molar-refractivity contribution >= 4 is 27.5 Å². The second-order valence-electron chi connectivity index (χ2n) is 6.05. The first-order valence-electron chi connectivity index (χ1n) is 7.13. The summed E-state index contributed by atoms with van der Waals surface area (Å²) in [6.45, 7) is 4.24. The second-order valence-corrected chi connectivity index (χ2v) is 6.05. The minimum Gasteiger partial charge on any atom is -0.223 e. The summed E-state index contributed by atoms with van der Waals surface area (Å²) in [4.78, 5) is 0. The average molecular weight is 259 g/mol. The SMILES string of the molecule is Cc1c[n+]2c3ccc[n+]4c3c3c(ccc5c3c2n1C5)C4. The van der Waals surface area contributed by atoms with Crippen LogP contribution in [0.25, 0.3) is 27.5 Å². The number of hydrogen-bond donors (Lipinski definition) is 0. The molecule has 0 atom stereocenters. The Hall–Kier alpha value is -2.42. The molecule has 20 heavy (non-hydrogen) atoms. The molecule has 2 aliphatic heterocycles. The van der Waals surface area contributed by atoms with Gasteiger partial charge >= 0.3 is 0 Å². The first-order chi connectivity index (χ1) is 9.83. The van der Waals surface area contributed by atoms with E-state index in [-0.39, 0.29) is 0 Å². The Balaban J connectivity index is 2.14. The summed E-state index contributed by atoms with van der Waals surface area (Å²) in [6.07, 6.45) is 4.48. The zero-order valence-corrected chi connectivity index (χ0v) is 11.2. The lowest BCUT2D eigenvalue weighted by Crippen LogP contribution is -2.33. The van der Waals surface area contributed by atoms with Gasteiger partial charge in [0, 0.05) is 24.1 Å². The maximum absolute atomic E-state index is 2.45. The van der Waals surface area contributed by atoms with Gasteiger partial charge in [-0.1, -0.05) is 12.1 Å². The Labute approximate surface area is 115 Å². The fourth-order valence-corrected chi connectivity index (χ4v) is 4.22. The van der Waals surface area contributed by atoms with Gasteiger partial charge in [0.2, 0.25) is 5.52 Å². The summed E-state index contributed by atoms with van der Waals surface area (Å²) in [5.74, 6) is 0. The van der Waals surface area contributed by atoms with Crippen LogP contribution in [0.2, 0.25) is 0 Å². The van der Waals surface area contributed by atoms with E-state index in [1.165, 1.54) is 44.3 Å². The molecule has 0 saturated carbocycles. The van der Waals surface area contributed by atoms with Gasteiger partial charge in [0.05, 0.1) is 10.8 Å². The van der Waals surface area contributed by atoms with Crippen LogP contribution in [-0.4, -0.2) is 4.57 Å². The lowest BCUT2D eigenvalue weighted by Gasteiger charge is -1.97. The number of imidazole rings is 1. The average Bonchev–Trinajstić information content (AvgIpc) is 3.09. The first kappa shape index (κ1) is 9.48. The third kappa shape index (κ3) is 0.794. The van der Waals surface area contributed by atoms with Crippen molar-refractivity contribution < 1.29 is 8.97 Å². The Morgan fingerprint density at radius 3 is 2.95 bits per heavy atom. The van der Waals surface area contributed by atoms with Crippen LogP contribution in [0.5, 0.6) is 0 Å². The largest absolute Gasteiger partial charge is 0.296 e. The molecule has 3 aromatic heterocycles. The van der Waals surface area contributed by atoms with E-state index in [1.54, 1.807) is 0 Å². The van der Waals surface area contributed by atoms with Gasteiger partial charge in [-0.05, 0) is 6.07 Å². The smallest absolute Gasteiger partial charge is 0.223 e. The van der Waals surface area contributed by atoms with Crippen molar-refractivity contribution in [3.05, 3.63) is 53.5 Å². The van der Waals surface area contributed by atoms with Crippen LogP contribution >= 0.6 is 0 Å². The molecule has 0 aliphatic carbocycles. The van der Waals surface area contributed by atoms with E-state index in [0.717, 1.165) is 13.1 Å². The van der Waals surface area contributed by atoms with Gasteiger partial charge in [0.25, 0.3) is 11.2 Å². The molecule has 0 unspecified atom stereocenters. The van der Waals surface area contributed by atoms with Crippen LogP contribution in [-0.2, 0) is 13.1 Å². The van der Waals surface area contributed by atoms with Crippen LogP contribution in [0, 0.1) is 6.92 Å². The van der Waals surface area contributed by atoms with E-state index >= 15 is 0 Å². The van der Waals surface area contributed by atoms with Crippen molar-refractivity contribution in [1.82, 2.24) is 4.57 Å². The minimum absolute atomic E-state index is 1.01. The van der Waals surface area contributed by atoms with Gasteiger partial charge in [-0.3, -0.25) is 0 Å². The predicted octanol–water partition coefficient (Wildman–Crippen LogP) is 1.85. The van der Waals surface area contributed by atoms with Gasteiger partial charge < -0.3 is 0 Å². The van der Waals surface area contributed by atoms with Gasteiger partial charge in [-0.25, -0.2) is 4.57 Å². The van der Waals surface area contributed by atoms with E-state index in [4.69, 9.17) is 0 Å². The lowest BCUT2D eigenvalue weighted by atomic mass is 10.0.